The van der Waals surface area contributed by atoms with E-state index >= 15 is 0 Å². The second kappa shape index (κ2) is 8.68. The number of aliphatic carboxylic acids is 1. The number of carbonyl (C=O) groups is 2. The van der Waals surface area contributed by atoms with Gasteiger partial charge in [0.25, 0.3) is 15.9 Å². The highest BCUT2D eigenvalue weighted by Gasteiger charge is 2.23. The van der Waals surface area contributed by atoms with Gasteiger partial charge in [0.15, 0.2) is 0 Å². The van der Waals surface area contributed by atoms with E-state index in [1.165, 1.54) is 20.2 Å². The third-order valence-corrected chi connectivity index (χ3v) is 4.86. The lowest BCUT2D eigenvalue weighted by molar-refractivity contribution is -0.137. The molecule has 1 rings (SSSR count). The number of sulfonamides is 1. The third-order valence-electron chi connectivity index (χ3n) is 3.18. The topological polar surface area (TPSA) is 117 Å². The maximum absolute atomic E-state index is 11.9. The Kier molecular flexibility index (Phi) is 7.24. The van der Waals surface area contributed by atoms with Crippen molar-refractivity contribution in [1.82, 2.24) is 9.62 Å². The molecule has 0 unspecified atom stereocenters. The maximum atomic E-state index is 11.9. The number of hydrogen-bond donors (Lipinski definition) is 2. The Hall–Kier alpha value is -1.87. The number of carbonyl (C=O) groups excluding carboxylic acids is 1. The van der Waals surface area contributed by atoms with Crippen molar-refractivity contribution >= 4 is 21.9 Å². The highest BCUT2D eigenvalue weighted by Crippen LogP contribution is 2.16. The van der Waals surface area contributed by atoms with Crippen LogP contribution in [0.5, 0.6) is 0 Å². The van der Waals surface area contributed by atoms with E-state index in [0.717, 1.165) is 29.8 Å². The number of amides is 1. The third kappa shape index (κ3) is 6.03. The first-order chi connectivity index (χ1) is 10.7. The molecule has 0 bridgehead atoms. The van der Waals surface area contributed by atoms with Gasteiger partial charge in [-0.15, -0.1) is 0 Å². The van der Waals surface area contributed by atoms with Crippen LogP contribution < -0.4 is 5.32 Å². The summed E-state index contributed by atoms with van der Waals surface area (Å²) in [5.41, 5.74) is 0.149. The molecular weight excluding hydrogens is 324 g/mol. The first-order valence-corrected chi connectivity index (χ1v) is 8.70. The minimum atomic E-state index is -3.69. The number of unbranched alkanes of at least 4 members (excludes halogenated alkanes) is 3. The Balaban J connectivity index is 2.36. The average Bonchev–Trinajstić information content (AvgIpc) is 2.96. The molecular formula is C14H22N2O6S. The van der Waals surface area contributed by atoms with Gasteiger partial charge in [-0.25, -0.2) is 12.7 Å². The fourth-order valence-corrected chi connectivity index (χ4v) is 2.62. The van der Waals surface area contributed by atoms with Crippen LogP contribution in [0.25, 0.3) is 0 Å². The zero-order valence-electron chi connectivity index (χ0n) is 13.2. The summed E-state index contributed by atoms with van der Waals surface area (Å²) in [5.74, 6) is -1.21. The SMILES string of the molecule is CN(C)S(=O)(=O)c1cc(C(=O)NCCCCCCC(=O)O)co1. The normalized spacial score (nSPS) is 11.6. The van der Waals surface area contributed by atoms with Crippen LogP contribution in [0.15, 0.2) is 21.8 Å². The van der Waals surface area contributed by atoms with E-state index in [1.54, 1.807) is 0 Å². The Morgan fingerprint density at radius 3 is 2.48 bits per heavy atom. The molecule has 1 amide bonds. The summed E-state index contributed by atoms with van der Waals surface area (Å²) in [6, 6.07) is 1.19. The van der Waals surface area contributed by atoms with Crippen LogP contribution >= 0.6 is 0 Å². The first kappa shape index (κ1) is 19.2. The molecule has 1 aromatic heterocycles. The molecule has 0 aliphatic heterocycles. The highest BCUT2D eigenvalue weighted by molar-refractivity contribution is 7.88. The summed E-state index contributed by atoms with van der Waals surface area (Å²) in [6.07, 6.45) is 4.23. The molecule has 130 valence electrons. The summed E-state index contributed by atoms with van der Waals surface area (Å²) in [7, 11) is -0.939. The molecule has 0 aromatic carbocycles. The smallest absolute Gasteiger partial charge is 0.303 e. The average molecular weight is 346 g/mol. The van der Waals surface area contributed by atoms with Crippen molar-refractivity contribution < 1.29 is 27.5 Å². The zero-order valence-corrected chi connectivity index (χ0v) is 14.1. The second-order valence-electron chi connectivity index (χ2n) is 5.26. The van der Waals surface area contributed by atoms with Crippen LogP contribution in [-0.2, 0) is 14.8 Å². The Labute approximate surface area is 135 Å². The van der Waals surface area contributed by atoms with Gasteiger partial charge >= 0.3 is 5.97 Å². The van der Waals surface area contributed by atoms with Gasteiger partial charge in [-0.1, -0.05) is 12.8 Å². The van der Waals surface area contributed by atoms with Crippen molar-refractivity contribution in [1.29, 1.82) is 0 Å². The van der Waals surface area contributed by atoms with E-state index < -0.39 is 21.9 Å². The van der Waals surface area contributed by atoms with Crippen LogP contribution in [0.2, 0.25) is 0 Å². The van der Waals surface area contributed by atoms with Crippen molar-refractivity contribution in [3.63, 3.8) is 0 Å². The molecule has 0 atom stereocenters. The number of carboxylic acids is 1. The fraction of sp³-hybridized carbons (Fsp3) is 0.571. The van der Waals surface area contributed by atoms with Crippen LogP contribution in [0.1, 0.15) is 42.5 Å². The highest BCUT2D eigenvalue weighted by atomic mass is 32.2. The number of hydrogen-bond acceptors (Lipinski definition) is 5. The molecule has 2 N–H and O–H groups in total. The monoisotopic (exact) mass is 346 g/mol. The van der Waals surface area contributed by atoms with Crippen LogP contribution in [0.4, 0.5) is 0 Å². The molecule has 0 spiro atoms. The molecule has 9 heteroatoms. The van der Waals surface area contributed by atoms with E-state index in [-0.39, 0.29) is 17.1 Å². The lowest BCUT2D eigenvalue weighted by Gasteiger charge is -2.07. The molecule has 0 aliphatic rings. The molecule has 0 fully saturated rings. The summed E-state index contributed by atoms with van der Waals surface area (Å²) in [4.78, 5) is 22.2. The van der Waals surface area contributed by atoms with Crippen molar-refractivity contribution in [3.8, 4) is 0 Å². The van der Waals surface area contributed by atoms with E-state index in [9.17, 15) is 18.0 Å². The molecule has 0 aliphatic carbocycles. The van der Waals surface area contributed by atoms with Crippen molar-refractivity contribution in [2.75, 3.05) is 20.6 Å². The van der Waals surface area contributed by atoms with Gasteiger partial charge in [0.05, 0.1) is 5.56 Å². The van der Waals surface area contributed by atoms with Gasteiger partial charge in [0, 0.05) is 33.1 Å². The molecule has 0 saturated carbocycles. The fourth-order valence-electron chi connectivity index (χ4n) is 1.81. The number of nitrogens with one attached hydrogen (secondary N) is 1. The Morgan fingerprint density at radius 2 is 1.87 bits per heavy atom. The predicted molar refractivity (Wildman–Crippen MR) is 82.6 cm³/mol. The van der Waals surface area contributed by atoms with E-state index in [0.29, 0.717) is 13.0 Å². The van der Waals surface area contributed by atoms with Gasteiger partial charge in [-0.3, -0.25) is 9.59 Å². The summed E-state index contributed by atoms with van der Waals surface area (Å²) >= 11 is 0. The van der Waals surface area contributed by atoms with Gasteiger partial charge in [0.2, 0.25) is 5.09 Å². The van der Waals surface area contributed by atoms with Gasteiger partial charge in [0.1, 0.15) is 6.26 Å². The zero-order chi connectivity index (χ0) is 17.5. The van der Waals surface area contributed by atoms with Gasteiger partial charge < -0.3 is 14.8 Å². The van der Waals surface area contributed by atoms with Gasteiger partial charge in [-0.2, -0.15) is 0 Å². The number of furan rings is 1. The quantitative estimate of drug-likeness (QED) is 0.617. The predicted octanol–water partition coefficient (Wildman–Crippen LogP) is 1.29. The molecule has 0 saturated heterocycles. The minimum absolute atomic E-state index is 0.149. The molecule has 8 nitrogen and oxygen atoms in total. The summed E-state index contributed by atoms with van der Waals surface area (Å²) < 4.78 is 29.6. The molecule has 1 heterocycles. The number of rotatable bonds is 10. The Bertz CT molecular complexity index is 635. The lowest BCUT2D eigenvalue weighted by Crippen LogP contribution is -2.24. The first-order valence-electron chi connectivity index (χ1n) is 7.26. The number of nitrogens with zero attached hydrogens (tertiary/aromatic N) is 1. The molecule has 0 radical (unpaired) electrons. The minimum Gasteiger partial charge on any atom is -0.481 e. The summed E-state index contributed by atoms with van der Waals surface area (Å²) in [5, 5.41) is 10.9. The van der Waals surface area contributed by atoms with Crippen molar-refractivity contribution in [2.45, 2.75) is 37.2 Å². The van der Waals surface area contributed by atoms with E-state index in [4.69, 9.17) is 9.52 Å². The second-order valence-corrected chi connectivity index (χ2v) is 7.34. The largest absolute Gasteiger partial charge is 0.481 e. The van der Waals surface area contributed by atoms with Crippen molar-refractivity contribution in [3.05, 3.63) is 17.9 Å². The van der Waals surface area contributed by atoms with Crippen LogP contribution in [0, 0.1) is 0 Å². The lowest BCUT2D eigenvalue weighted by atomic mass is 10.1. The maximum Gasteiger partial charge on any atom is 0.303 e. The summed E-state index contributed by atoms with van der Waals surface area (Å²) in [6.45, 7) is 0.437. The standard InChI is InChI=1S/C14H22N2O6S/c1-16(2)23(20,21)13-9-11(10-22-13)14(19)15-8-6-4-3-5-7-12(17)18/h9-10H,3-8H2,1-2H3,(H,15,19)(H,17,18). The van der Waals surface area contributed by atoms with Gasteiger partial charge in [-0.05, 0) is 12.8 Å². The van der Waals surface area contributed by atoms with E-state index in [2.05, 4.69) is 5.32 Å². The van der Waals surface area contributed by atoms with E-state index in [1.807, 2.05) is 0 Å². The molecule has 1 aromatic rings. The van der Waals surface area contributed by atoms with Crippen LogP contribution in [0.3, 0.4) is 0 Å². The van der Waals surface area contributed by atoms with Crippen molar-refractivity contribution in [2.24, 2.45) is 0 Å². The molecule has 23 heavy (non-hydrogen) atoms. The number of carboxylic acid groups (broad SMARTS) is 1. The Morgan fingerprint density at radius 1 is 1.22 bits per heavy atom. The van der Waals surface area contributed by atoms with Crippen LogP contribution in [-0.4, -0.2) is 50.3 Å².